The van der Waals surface area contributed by atoms with E-state index in [0.29, 0.717) is 5.56 Å². The minimum Gasteiger partial charge on any atom is -0.379 e. The van der Waals surface area contributed by atoms with Gasteiger partial charge < -0.3 is 10.1 Å². The predicted molar refractivity (Wildman–Crippen MR) is 88.2 cm³/mol. The van der Waals surface area contributed by atoms with Crippen molar-refractivity contribution in [1.82, 2.24) is 9.29 Å². The Kier molecular flexibility index (Phi) is 5.07. The second-order valence-electron chi connectivity index (χ2n) is 5.35. The van der Waals surface area contributed by atoms with Gasteiger partial charge in [-0.25, -0.2) is 12.8 Å². The summed E-state index contributed by atoms with van der Waals surface area (Å²) in [6.45, 7) is 0.851. The van der Waals surface area contributed by atoms with Crippen LogP contribution in [-0.4, -0.2) is 49.9 Å². The molecule has 9 heteroatoms. The van der Waals surface area contributed by atoms with Crippen LogP contribution in [0.3, 0.4) is 0 Å². The third-order valence-electron chi connectivity index (χ3n) is 3.72. The number of hydrogen-bond acceptors (Lipinski definition) is 5. The van der Waals surface area contributed by atoms with Crippen molar-refractivity contribution in [3.63, 3.8) is 0 Å². The molecular weight excluding hydrogens is 349 g/mol. The lowest BCUT2D eigenvalue weighted by Crippen LogP contribution is -2.40. The van der Waals surface area contributed by atoms with Gasteiger partial charge in [0.05, 0.1) is 13.2 Å². The molecule has 7 nitrogen and oxygen atoms in total. The molecule has 0 bridgehead atoms. The van der Waals surface area contributed by atoms with E-state index in [0.717, 1.165) is 12.1 Å². The first kappa shape index (κ1) is 17.5. The van der Waals surface area contributed by atoms with E-state index in [1.54, 1.807) is 0 Å². The highest BCUT2D eigenvalue weighted by Gasteiger charge is 2.29. The lowest BCUT2D eigenvalue weighted by atomic mass is 10.2. The Morgan fingerprint density at radius 1 is 1.16 bits per heavy atom. The molecule has 0 saturated carbocycles. The highest BCUT2D eigenvalue weighted by molar-refractivity contribution is 7.89. The van der Waals surface area contributed by atoms with Crippen molar-refractivity contribution in [2.24, 2.45) is 0 Å². The number of rotatable bonds is 4. The summed E-state index contributed by atoms with van der Waals surface area (Å²) >= 11 is 0. The van der Waals surface area contributed by atoms with Gasteiger partial charge in [0.1, 0.15) is 10.7 Å². The number of nitrogens with one attached hydrogen (secondary N) is 1. The number of morpholine rings is 1. The van der Waals surface area contributed by atoms with Gasteiger partial charge in [-0.3, -0.25) is 9.78 Å². The number of amides is 1. The van der Waals surface area contributed by atoms with E-state index in [1.165, 1.54) is 34.9 Å². The largest absolute Gasteiger partial charge is 0.379 e. The standard InChI is InChI=1S/C16H16FN3O4S/c17-14-2-1-13(19-16(21)12-3-5-18-6-4-12)11-15(14)25(22,23)20-7-9-24-10-8-20/h1-6,11H,7-10H2,(H,19,21). The summed E-state index contributed by atoms with van der Waals surface area (Å²) < 4.78 is 45.7. The van der Waals surface area contributed by atoms with Crippen LogP contribution in [0, 0.1) is 5.82 Å². The molecule has 1 aliphatic heterocycles. The molecule has 0 spiro atoms. The van der Waals surface area contributed by atoms with Crippen LogP contribution < -0.4 is 5.32 Å². The van der Waals surface area contributed by atoms with E-state index in [4.69, 9.17) is 4.74 Å². The Bertz CT molecular complexity index is 868. The van der Waals surface area contributed by atoms with Crippen LogP contribution in [0.25, 0.3) is 0 Å². The van der Waals surface area contributed by atoms with Gasteiger partial charge in [0, 0.05) is 36.7 Å². The van der Waals surface area contributed by atoms with Gasteiger partial charge in [-0.05, 0) is 30.3 Å². The number of hydrogen-bond donors (Lipinski definition) is 1. The molecule has 0 atom stereocenters. The second-order valence-corrected chi connectivity index (χ2v) is 7.26. The van der Waals surface area contributed by atoms with Crippen molar-refractivity contribution in [2.75, 3.05) is 31.6 Å². The Balaban J connectivity index is 1.86. The Hall–Kier alpha value is -2.36. The van der Waals surface area contributed by atoms with Crippen molar-refractivity contribution < 1.29 is 22.3 Å². The van der Waals surface area contributed by atoms with E-state index in [2.05, 4.69) is 10.3 Å². The van der Waals surface area contributed by atoms with Crippen LogP contribution >= 0.6 is 0 Å². The first-order valence-corrected chi connectivity index (χ1v) is 9.01. The third kappa shape index (κ3) is 3.84. The number of nitrogens with zero attached hydrogens (tertiary/aromatic N) is 2. The van der Waals surface area contributed by atoms with E-state index in [1.807, 2.05) is 0 Å². The van der Waals surface area contributed by atoms with Crippen LogP contribution in [0.2, 0.25) is 0 Å². The quantitative estimate of drug-likeness (QED) is 0.887. The highest BCUT2D eigenvalue weighted by atomic mass is 32.2. The number of anilines is 1. The maximum absolute atomic E-state index is 14.1. The number of ether oxygens (including phenoxy) is 1. The maximum atomic E-state index is 14.1. The average molecular weight is 365 g/mol. The molecule has 1 saturated heterocycles. The molecule has 132 valence electrons. The van der Waals surface area contributed by atoms with Gasteiger partial charge in [-0.1, -0.05) is 0 Å². The van der Waals surface area contributed by atoms with Crippen LogP contribution in [0.15, 0.2) is 47.6 Å². The maximum Gasteiger partial charge on any atom is 0.255 e. The fraction of sp³-hybridized carbons (Fsp3) is 0.250. The zero-order chi connectivity index (χ0) is 17.9. The number of benzene rings is 1. The molecule has 1 aliphatic rings. The Labute approximate surface area is 144 Å². The first-order chi connectivity index (χ1) is 12.0. The molecular formula is C16H16FN3O4S. The Morgan fingerprint density at radius 3 is 2.52 bits per heavy atom. The predicted octanol–water partition coefficient (Wildman–Crippen LogP) is 1.49. The molecule has 25 heavy (non-hydrogen) atoms. The average Bonchev–Trinajstić information content (AvgIpc) is 2.64. The zero-order valence-corrected chi connectivity index (χ0v) is 14.0. The van der Waals surface area contributed by atoms with Crippen molar-refractivity contribution in [3.05, 3.63) is 54.1 Å². The molecule has 0 radical (unpaired) electrons. The number of pyridine rings is 1. The minimum absolute atomic E-state index is 0.162. The molecule has 1 amide bonds. The SMILES string of the molecule is O=C(Nc1ccc(F)c(S(=O)(=O)N2CCOCC2)c1)c1ccncc1. The van der Waals surface area contributed by atoms with Crippen LogP contribution in [0.1, 0.15) is 10.4 Å². The zero-order valence-electron chi connectivity index (χ0n) is 13.2. The van der Waals surface area contributed by atoms with Crippen LogP contribution in [0.5, 0.6) is 0 Å². The summed E-state index contributed by atoms with van der Waals surface area (Å²) in [6.07, 6.45) is 2.93. The lowest BCUT2D eigenvalue weighted by molar-refractivity contribution is 0.0729. The molecule has 1 aromatic heterocycles. The summed E-state index contributed by atoms with van der Waals surface area (Å²) in [6, 6.07) is 6.50. The van der Waals surface area contributed by atoms with Crippen molar-refractivity contribution in [2.45, 2.75) is 4.90 Å². The summed E-state index contributed by atoms with van der Waals surface area (Å²) in [7, 11) is -4.00. The fourth-order valence-electron chi connectivity index (χ4n) is 2.41. The number of carbonyl (C=O) groups excluding carboxylic acids is 1. The number of carbonyl (C=O) groups is 1. The first-order valence-electron chi connectivity index (χ1n) is 7.57. The summed E-state index contributed by atoms with van der Waals surface area (Å²) in [5.41, 5.74) is 0.548. The monoisotopic (exact) mass is 365 g/mol. The van der Waals surface area contributed by atoms with Gasteiger partial charge in [0.15, 0.2) is 0 Å². The normalized spacial score (nSPS) is 15.7. The topological polar surface area (TPSA) is 88.6 Å². The molecule has 1 fully saturated rings. The van der Waals surface area contributed by atoms with E-state index < -0.39 is 26.6 Å². The molecule has 2 heterocycles. The number of sulfonamides is 1. The fourth-order valence-corrected chi connectivity index (χ4v) is 3.91. The number of halogens is 1. The van der Waals surface area contributed by atoms with E-state index in [-0.39, 0.29) is 32.0 Å². The smallest absolute Gasteiger partial charge is 0.255 e. The van der Waals surface area contributed by atoms with E-state index >= 15 is 0 Å². The van der Waals surface area contributed by atoms with Gasteiger partial charge in [-0.2, -0.15) is 4.31 Å². The molecule has 0 aliphatic carbocycles. The van der Waals surface area contributed by atoms with Crippen molar-refractivity contribution in [3.8, 4) is 0 Å². The van der Waals surface area contributed by atoms with Gasteiger partial charge in [0.25, 0.3) is 5.91 Å². The minimum atomic E-state index is -4.00. The molecule has 2 aromatic rings. The van der Waals surface area contributed by atoms with Gasteiger partial charge >= 0.3 is 0 Å². The lowest BCUT2D eigenvalue weighted by Gasteiger charge is -2.26. The van der Waals surface area contributed by atoms with Crippen LogP contribution in [-0.2, 0) is 14.8 Å². The summed E-state index contributed by atoms with van der Waals surface area (Å²) in [4.78, 5) is 15.5. The van der Waals surface area contributed by atoms with Gasteiger partial charge in [-0.15, -0.1) is 0 Å². The molecule has 1 aromatic carbocycles. The van der Waals surface area contributed by atoms with Gasteiger partial charge in [0.2, 0.25) is 10.0 Å². The Morgan fingerprint density at radius 2 is 1.84 bits per heavy atom. The summed E-state index contributed by atoms with van der Waals surface area (Å²) in [5, 5.41) is 2.56. The second kappa shape index (κ2) is 7.26. The van der Waals surface area contributed by atoms with Crippen molar-refractivity contribution in [1.29, 1.82) is 0 Å². The van der Waals surface area contributed by atoms with E-state index in [9.17, 15) is 17.6 Å². The van der Waals surface area contributed by atoms with Crippen LogP contribution in [0.4, 0.5) is 10.1 Å². The summed E-state index contributed by atoms with van der Waals surface area (Å²) in [5.74, 6) is -1.31. The highest BCUT2D eigenvalue weighted by Crippen LogP contribution is 2.24. The molecule has 0 unspecified atom stereocenters. The van der Waals surface area contributed by atoms with Crippen molar-refractivity contribution >= 4 is 21.6 Å². The molecule has 1 N–H and O–H groups in total. The number of aromatic nitrogens is 1. The molecule has 3 rings (SSSR count). The third-order valence-corrected chi connectivity index (χ3v) is 5.63.